The molecule has 0 aliphatic rings. The summed E-state index contributed by atoms with van der Waals surface area (Å²) in [5, 5.41) is 9.76. The lowest BCUT2D eigenvalue weighted by Gasteiger charge is -2.21. The largest absolute Gasteiger partial charge is 0.455 e. The highest BCUT2D eigenvalue weighted by atomic mass is 16.3. The minimum absolute atomic E-state index is 0.00421. The molecule has 13 aromatic rings. The zero-order valence-corrected chi connectivity index (χ0v) is 37.3. The van der Waals surface area contributed by atoms with E-state index in [2.05, 4.69) is 255 Å². The molecule has 1 heterocycles. The maximum Gasteiger partial charge on any atom is 0.143 e. The SMILES string of the molecule is c1ccc(-c2ccc(-c3ccc(C(c4ccc(-c5ccc(-c6ccccc6)cc5)cc4)c4ccc5c6ccc(-c7cccc8c7oc7ccccc78)cc6c6ccccc6c5c4)cc3)cc2)cc1. The van der Waals surface area contributed by atoms with Gasteiger partial charge in [-0.1, -0.05) is 243 Å². The van der Waals surface area contributed by atoms with E-state index >= 15 is 0 Å². The summed E-state index contributed by atoms with van der Waals surface area (Å²) in [5.41, 5.74) is 17.6. The third-order valence-corrected chi connectivity index (χ3v) is 14.0. The van der Waals surface area contributed by atoms with Crippen LogP contribution in [-0.4, -0.2) is 0 Å². The summed E-state index contributed by atoms with van der Waals surface area (Å²) in [5.74, 6) is 0.00421. The van der Waals surface area contributed by atoms with Crippen LogP contribution in [0.1, 0.15) is 22.6 Å². The maximum atomic E-state index is 6.51. The minimum Gasteiger partial charge on any atom is -0.455 e. The normalized spacial score (nSPS) is 11.7. The quantitative estimate of drug-likeness (QED) is 0.110. The van der Waals surface area contributed by atoms with Crippen LogP contribution in [-0.2, 0) is 0 Å². The van der Waals surface area contributed by atoms with Gasteiger partial charge in [0.05, 0.1) is 0 Å². The summed E-state index contributed by atoms with van der Waals surface area (Å²) >= 11 is 0. The number of furan rings is 1. The Labute approximate surface area is 395 Å². The van der Waals surface area contributed by atoms with Gasteiger partial charge in [-0.3, -0.25) is 0 Å². The fourth-order valence-corrected chi connectivity index (χ4v) is 10.6. The fourth-order valence-electron chi connectivity index (χ4n) is 10.6. The molecule has 0 N–H and O–H groups in total. The number of hydrogen-bond acceptors (Lipinski definition) is 1. The molecule has 0 bridgehead atoms. The smallest absolute Gasteiger partial charge is 0.143 e. The van der Waals surface area contributed by atoms with Crippen molar-refractivity contribution in [3.8, 4) is 55.6 Å². The van der Waals surface area contributed by atoms with Crippen LogP contribution in [0.5, 0.6) is 0 Å². The molecule has 12 aromatic carbocycles. The molecular weight excluding hydrogens is 821 g/mol. The van der Waals surface area contributed by atoms with Gasteiger partial charge in [0.1, 0.15) is 11.2 Å². The van der Waals surface area contributed by atoms with E-state index in [1.165, 1.54) is 93.5 Å². The molecule has 1 nitrogen and oxygen atoms in total. The van der Waals surface area contributed by atoms with Crippen LogP contribution in [0.4, 0.5) is 0 Å². The van der Waals surface area contributed by atoms with Crippen molar-refractivity contribution in [3.63, 3.8) is 0 Å². The lowest BCUT2D eigenvalue weighted by Crippen LogP contribution is -2.04. The molecule has 0 aliphatic carbocycles. The number of rotatable bonds is 8. The first-order valence-corrected chi connectivity index (χ1v) is 23.5. The Morgan fingerprint density at radius 3 is 1.12 bits per heavy atom. The molecule has 0 amide bonds. The monoisotopic (exact) mass is 864 g/mol. The first-order valence-electron chi connectivity index (χ1n) is 23.5. The van der Waals surface area contributed by atoms with E-state index in [1.807, 2.05) is 6.07 Å². The Bertz CT molecular complexity index is 3810. The highest BCUT2D eigenvalue weighted by Crippen LogP contribution is 2.43. The van der Waals surface area contributed by atoms with Crippen LogP contribution in [0.2, 0.25) is 0 Å². The van der Waals surface area contributed by atoms with Crippen LogP contribution in [0.15, 0.2) is 265 Å². The van der Waals surface area contributed by atoms with Gasteiger partial charge in [0, 0.05) is 22.3 Å². The van der Waals surface area contributed by atoms with Gasteiger partial charge in [0.2, 0.25) is 0 Å². The van der Waals surface area contributed by atoms with E-state index < -0.39 is 0 Å². The molecule has 0 fully saturated rings. The van der Waals surface area contributed by atoms with E-state index in [-0.39, 0.29) is 5.92 Å². The van der Waals surface area contributed by atoms with Crippen LogP contribution < -0.4 is 0 Å². The van der Waals surface area contributed by atoms with Gasteiger partial charge < -0.3 is 4.42 Å². The molecule has 318 valence electrons. The molecule has 68 heavy (non-hydrogen) atoms. The van der Waals surface area contributed by atoms with E-state index in [0.29, 0.717) is 0 Å². The van der Waals surface area contributed by atoms with Crippen LogP contribution in [0.3, 0.4) is 0 Å². The predicted molar refractivity (Wildman–Crippen MR) is 287 cm³/mol. The van der Waals surface area contributed by atoms with Crippen molar-refractivity contribution >= 4 is 54.3 Å². The zero-order chi connectivity index (χ0) is 45.0. The van der Waals surface area contributed by atoms with Gasteiger partial charge >= 0.3 is 0 Å². The van der Waals surface area contributed by atoms with Crippen molar-refractivity contribution in [1.82, 2.24) is 0 Å². The van der Waals surface area contributed by atoms with Gasteiger partial charge in [0.15, 0.2) is 0 Å². The second-order valence-electron chi connectivity index (χ2n) is 18.0. The van der Waals surface area contributed by atoms with E-state index in [9.17, 15) is 0 Å². The number of hydrogen-bond donors (Lipinski definition) is 0. The average Bonchev–Trinajstić information content (AvgIpc) is 3.81. The third kappa shape index (κ3) is 6.96. The topological polar surface area (TPSA) is 13.1 Å². The Morgan fingerprint density at radius 1 is 0.221 bits per heavy atom. The van der Waals surface area contributed by atoms with Crippen molar-refractivity contribution in [2.75, 3.05) is 0 Å². The Morgan fingerprint density at radius 2 is 0.588 bits per heavy atom. The number of para-hydroxylation sites is 2. The number of fused-ring (bicyclic) bond motifs is 9. The summed E-state index contributed by atoms with van der Waals surface area (Å²) < 4.78 is 6.51. The molecule has 0 atom stereocenters. The van der Waals surface area contributed by atoms with E-state index in [1.54, 1.807) is 0 Å². The summed E-state index contributed by atoms with van der Waals surface area (Å²) in [6.07, 6.45) is 0. The first kappa shape index (κ1) is 39.6. The Hall–Kier alpha value is -8.78. The summed E-state index contributed by atoms with van der Waals surface area (Å²) in [6.45, 7) is 0. The van der Waals surface area contributed by atoms with E-state index in [0.717, 1.165) is 33.1 Å². The standard InChI is InChI=1S/C67H44O/c1-3-12-44(13-4-1)46-22-26-48(27-23-46)50-30-34-52(35-31-50)66(53-36-32-51(33-37-53)49-28-24-47(25-29-49)45-14-5-2-6-15-45)55-39-41-60-59-40-38-54(42-63(59)57-16-7-8-17-58(57)64(60)43-55)56-19-11-20-62-61-18-9-10-21-65(61)68-67(56)62/h1-43,66H. The lowest BCUT2D eigenvalue weighted by molar-refractivity contribution is 0.670. The first-order chi connectivity index (χ1) is 33.7. The zero-order valence-electron chi connectivity index (χ0n) is 37.3. The Balaban J connectivity index is 0.913. The Kier molecular flexibility index (Phi) is 9.65. The van der Waals surface area contributed by atoms with Crippen LogP contribution in [0, 0.1) is 0 Å². The van der Waals surface area contributed by atoms with Gasteiger partial charge in [-0.15, -0.1) is 0 Å². The van der Waals surface area contributed by atoms with Gasteiger partial charge in [0.25, 0.3) is 0 Å². The van der Waals surface area contributed by atoms with Crippen molar-refractivity contribution in [2.24, 2.45) is 0 Å². The second-order valence-corrected chi connectivity index (χ2v) is 18.0. The van der Waals surface area contributed by atoms with Crippen molar-refractivity contribution in [3.05, 3.63) is 278 Å². The molecule has 1 aromatic heterocycles. The minimum atomic E-state index is 0.00421. The van der Waals surface area contributed by atoms with Gasteiger partial charge in [-0.05, 0) is 117 Å². The highest BCUT2D eigenvalue weighted by molar-refractivity contribution is 6.26. The molecular formula is C67H44O. The van der Waals surface area contributed by atoms with E-state index in [4.69, 9.17) is 4.42 Å². The van der Waals surface area contributed by atoms with Gasteiger partial charge in [-0.25, -0.2) is 0 Å². The molecule has 0 aliphatic heterocycles. The van der Waals surface area contributed by atoms with Crippen molar-refractivity contribution in [2.45, 2.75) is 5.92 Å². The molecule has 0 spiro atoms. The summed E-state index contributed by atoms with van der Waals surface area (Å²) in [7, 11) is 0. The molecule has 0 saturated carbocycles. The van der Waals surface area contributed by atoms with Gasteiger partial charge in [-0.2, -0.15) is 0 Å². The number of benzene rings is 12. The molecule has 13 rings (SSSR count). The molecule has 0 unspecified atom stereocenters. The van der Waals surface area contributed by atoms with Crippen LogP contribution in [0.25, 0.3) is 110 Å². The van der Waals surface area contributed by atoms with Crippen molar-refractivity contribution < 1.29 is 4.42 Å². The second kappa shape index (κ2) is 16.6. The molecule has 0 saturated heterocycles. The summed E-state index contributed by atoms with van der Waals surface area (Å²) in [4.78, 5) is 0. The lowest BCUT2D eigenvalue weighted by atomic mass is 9.82. The molecule has 1 heteroatoms. The van der Waals surface area contributed by atoms with Crippen molar-refractivity contribution in [1.29, 1.82) is 0 Å². The fraction of sp³-hybridized carbons (Fsp3) is 0.0149. The third-order valence-electron chi connectivity index (χ3n) is 14.0. The molecule has 0 radical (unpaired) electrons. The average molecular weight is 865 g/mol. The highest BCUT2D eigenvalue weighted by Gasteiger charge is 2.21. The summed E-state index contributed by atoms with van der Waals surface area (Å²) in [6, 6.07) is 95.3. The maximum absolute atomic E-state index is 6.51. The van der Waals surface area contributed by atoms with Crippen LogP contribution >= 0.6 is 0 Å². The predicted octanol–water partition coefficient (Wildman–Crippen LogP) is 18.6.